The van der Waals surface area contributed by atoms with Gasteiger partial charge in [0.15, 0.2) is 0 Å². The Labute approximate surface area is 177 Å². The molecule has 152 valence electrons. The number of benzene rings is 1. The lowest BCUT2D eigenvalue weighted by Gasteiger charge is -2.14. The molecule has 1 aromatic heterocycles. The minimum atomic E-state index is -2.95. The third-order valence-corrected chi connectivity index (χ3v) is 5.86. The lowest BCUT2D eigenvalue weighted by molar-refractivity contribution is 0.164. The van der Waals surface area contributed by atoms with E-state index in [-0.39, 0.29) is 19.3 Å². The van der Waals surface area contributed by atoms with Gasteiger partial charge in [0, 0.05) is 29.1 Å². The van der Waals surface area contributed by atoms with Crippen LogP contribution in [0, 0.1) is 3.57 Å². The second kappa shape index (κ2) is 9.98. The summed E-state index contributed by atoms with van der Waals surface area (Å²) in [6.07, 6.45) is 2.16. The number of amides is 1. The molecule has 0 aliphatic carbocycles. The van der Waals surface area contributed by atoms with Gasteiger partial charge < -0.3 is 20.5 Å². The van der Waals surface area contributed by atoms with Crippen molar-refractivity contribution in [3.05, 3.63) is 34.0 Å². The number of rotatable bonds is 7. The Kier molecular flexibility index (Phi) is 7.95. The third kappa shape index (κ3) is 6.27. The number of carbonyl (C=O) groups excluding carboxylic acids is 1. The molecule has 0 saturated carbocycles. The molecule has 2 aromatic rings. The van der Waals surface area contributed by atoms with Crippen LogP contribution in [-0.2, 0) is 14.5 Å². The highest BCUT2D eigenvalue weighted by Crippen LogP contribution is 2.22. The Morgan fingerprint density at radius 2 is 2.21 bits per heavy atom. The highest BCUT2D eigenvalue weighted by Gasteiger charge is 2.12. The first kappa shape index (κ1) is 22.3. The molecule has 9 nitrogen and oxygen atoms in total. The molecule has 1 amide bonds. The molecule has 2 atom stereocenters. The predicted octanol–water partition coefficient (Wildman–Crippen LogP) is 3.23. The van der Waals surface area contributed by atoms with Crippen molar-refractivity contribution in [3.8, 4) is 0 Å². The van der Waals surface area contributed by atoms with Crippen LogP contribution >= 0.6 is 22.6 Å². The Morgan fingerprint density at radius 1 is 1.46 bits per heavy atom. The van der Waals surface area contributed by atoms with Crippen molar-refractivity contribution in [1.29, 1.82) is 0 Å². The average Bonchev–Trinajstić information content (AvgIpc) is 2.64. The minimum Gasteiger partial charge on any atom is -0.448 e. The maximum absolute atomic E-state index is 12.8. The number of nitrogens with one attached hydrogen (secondary N) is 2. The molecule has 1 aromatic carbocycles. The average molecular weight is 519 g/mol. The van der Waals surface area contributed by atoms with Crippen LogP contribution in [0.15, 0.2) is 39.7 Å². The quantitative estimate of drug-likeness (QED) is 0.477. The number of hydrogen-bond acceptors (Lipinski definition) is 8. The molecule has 11 heteroatoms. The minimum absolute atomic E-state index is 0.0281. The fourth-order valence-electron chi connectivity index (χ4n) is 2.09. The molecule has 0 spiro atoms. The molecule has 0 aliphatic rings. The maximum Gasteiger partial charge on any atom is 0.442 e. The van der Waals surface area contributed by atoms with Crippen LogP contribution in [0.2, 0.25) is 0 Å². The number of aliphatic hydroxyl groups excluding tert-OH is 1. The lowest BCUT2D eigenvalue weighted by atomic mass is 10.3. The van der Waals surface area contributed by atoms with E-state index in [1.807, 2.05) is 6.92 Å². The van der Waals surface area contributed by atoms with Crippen molar-refractivity contribution in [2.45, 2.75) is 24.8 Å². The zero-order chi connectivity index (χ0) is 20.7. The Bertz CT molecular complexity index is 962. The molecule has 0 radical (unpaired) electrons. The number of aliphatic hydroxyl groups is 1. The monoisotopic (exact) mass is 519 g/mol. The van der Waals surface area contributed by atoms with Gasteiger partial charge in [0.1, 0.15) is 5.82 Å². The van der Waals surface area contributed by atoms with E-state index in [2.05, 4.69) is 47.6 Å². The van der Waals surface area contributed by atoms with Gasteiger partial charge in [0.2, 0.25) is 5.95 Å². The summed E-state index contributed by atoms with van der Waals surface area (Å²) in [6.45, 7) is 3.62. The van der Waals surface area contributed by atoms with Gasteiger partial charge in [-0.05, 0) is 54.6 Å². The fourth-order valence-corrected chi connectivity index (χ4v) is 3.63. The van der Waals surface area contributed by atoms with Crippen molar-refractivity contribution in [3.63, 3.8) is 0 Å². The van der Waals surface area contributed by atoms with Gasteiger partial charge in [-0.15, -0.1) is 4.36 Å². The molecule has 0 fully saturated rings. The number of nitrogens with zero attached hydrogens (tertiary/aromatic N) is 3. The molecule has 1 heterocycles. The molecular formula is C17H22IN5O4S. The highest BCUT2D eigenvalue weighted by atomic mass is 127. The standard InChI is InChI=1S/C17H22IN5O4S/c1-4-27-17(25)23-28(3,26)13-7-5-6-12(8-13)21-16-19-9-14(18)15(22-16)20-11(2)10-24/h5-9,11,24H,4,10H2,1-3H3,(H2,19,20,21,22)/t11-,28?/m1/s1. The lowest BCUT2D eigenvalue weighted by Crippen LogP contribution is -2.21. The summed E-state index contributed by atoms with van der Waals surface area (Å²) in [5, 5.41) is 15.3. The van der Waals surface area contributed by atoms with E-state index >= 15 is 0 Å². The summed E-state index contributed by atoms with van der Waals surface area (Å²) < 4.78 is 22.0. The second-order valence-corrected chi connectivity index (χ2v) is 9.28. The van der Waals surface area contributed by atoms with Crippen molar-refractivity contribution < 1.29 is 18.8 Å². The number of hydrogen-bond donors (Lipinski definition) is 3. The van der Waals surface area contributed by atoms with Gasteiger partial charge in [-0.3, -0.25) is 0 Å². The molecular weight excluding hydrogens is 497 g/mol. The molecule has 28 heavy (non-hydrogen) atoms. The number of aromatic nitrogens is 2. The van der Waals surface area contributed by atoms with Gasteiger partial charge in [-0.1, -0.05) is 6.07 Å². The Hall–Kier alpha value is -1.99. The summed E-state index contributed by atoms with van der Waals surface area (Å²) in [4.78, 5) is 20.6. The Balaban J connectivity index is 2.27. The molecule has 1 unspecified atom stereocenters. The van der Waals surface area contributed by atoms with Gasteiger partial charge in [-0.25, -0.2) is 14.0 Å². The molecule has 3 N–H and O–H groups in total. The van der Waals surface area contributed by atoms with E-state index in [1.54, 1.807) is 37.4 Å². The number of ether oxygens (including phenoxy) is 1. The Morgan fingerprint density at radius 3 is 2.89 bits per heavy atom. The number of halogens is 1. The van der Waals surface area contributed by atoms with E-state index in [9.17, 15) is 14.1 Å². The predicted molar refractivity (Wildman–Crippen MR) is 116 cm³/mol. The van der Waals surface area contributed by atoms with E-state index in [0.717, 1.165) is 3.57 Å². The summed E-state index contributed by atoms with van der Waals surface area (Å²) in [7, 11) is -2.95. The first-order valence-corrected chi connectivity index (χ1v) is 11.4. The largest absolute Gasteiger partial charge is 0.448 e. The first-order chi connectivity index (χ1) is 13.2. The van der Waals surface area contributed by atoms with E-state index < -0.39 is 15.8 Å². The zero-order valence-electron chi connectivity index (χ0n) is 15.7. The van der Waals surface area contributed by atoms with Gasteiger partial charge in [0.05, 0.1) is 26.5 Å². The van der Waals surface area contributed by atoms with Crippen molar-refractivity contribution in [1.82, 2.24) is 9.97 Å². The molecule has 0 bridgehead atoms. The van der Waals surface area contributed by atoms with E-state index in [4.69, 9.17) is 4.74 Å². The van der Waals surface area contributed by atoms with Crippen LogP contribution in [0.25, 0.3) is 0 Å². The van der Waals surface area contributed by atoms with Crippen LogP contribution in [0.4, 0.5) is 22.2 Å². The van der Waals surface area contributed by atoms with E-state index in [1.165, 1.54) is 6.26 Å². The first-order valence-electron chi connectivity index (χ1n) is 8.41. The molecule has 2 rings (SSSR count). The van der Waals surface area contributed by atoms with Gasteiger partial charge >= 0.3 is 6.09 Å². The molecule has 0 aliphatic heterocycles. The third-order valence-electron chi connectivity index (χ3n) is 3.45. The number of anilines is 3. The van der Waals surface area contributed by atoms with Crippen LogP contribution in [-0.4, -0.2) is 50.9 Å². The van der Waals surface area contributed by atoms with Crippen LogP contribution < -0.4 is 10.6 Å². The summed E-state index contributed by atoms with van der Waals surface area (Å²) in [5.74, 6) is 0.919. The fraction of sp³-hybridized carbons (Fsp3) is 0.353. The maximum atomic E-state index is 12.8. The van der Waals surface area contributed by atoms with Crippen LogP contribution in [0.3, 0.4) is 0 Å². The van der Waals surface area contributed by atoms with Crippen molar-refractivity contribution in [2.75, 3.05) is 30.1 Å². The summed E-state index contributed by atoms with van der Waals surface area (Å²) in [6, 6.07) is 6.54. The normalized spacial score (nSPS) is 13.9. The highest BCUT2D eigenvalue weighted by molar-refractivity contribution is 14.1. The van der Waals surface area contributed by atoms with Crippen LogP contribution in [0.5, 0.6) is 0 Å². The molecule has 0 saturated heterocycles. The van der Waals surface area contributed by atoms with Gasteiger partial charge in [0.25, 0.3) is 0 Å². The second-order valence-electron chi connectivity index (χ2n) is 5.86. The van der Waals surface area contributed by atoms with Crippen LogP contribution in [0.1, 0.15) is 13.8 Å². The van der Waals surface area contributed by atoms with Crippen molar-refractivity contribution >= 4 is 55.9 Å². The van der Waals surface area contributed by atoms with Crippen molar-refractivity contribution in [2.24, 2.45) is 4.36 Å². The zero-order valence-corrected chi connectivity index (χ0v) is 18.7. The summed E-state index contributed by atoms with van der Waals surface area (Å²) >= 11 is 2.10. The SMILES string of the molecule is CCOC(=O)N=S(C)(=O)c1cccc(Nc2ncc(I)c(N[C@H](C)CO)n2)c1. The topological polar surface area (TPSA) is 126 Å². The number of carbonyl (C=O) groups is 1. The van der Waals surface area contributed by atoms with Gasteiger partial charge in [-0.2, -0.15) is 4.98 Å². The smallest absolute Gasteiger partial charge is 0.442 e. The summed E-state index contributed by atoms with van der Waals surface area (Å²) in [5.41, 5.74) is 0.591. The van der Waals surface area contributed by atoms with E-state index in [0.29, 0.717) is 22.3 Å².